The van der Waals surface area contributed by atoms with Crippen LogP contribution in [0.4, 0.5) is 5.82 Å². The van der Waals surface area contributed by atoms with Gasteiger partial charge in [0.1, 0.15) is 41.9 Å². The Bertz CT molecular complexity index is 1120. The molecular weight excluding hydrogens is 473 g/mol. The van der Waals surface area contributed by atoms with Crippen LogP contribution >= 0.6 is 7.60 Å². The third kappa shape index (κ3) is 5.90. The van der Waals surface area contributed by atoms with Gasteiger partial charge in [0.2, 0.25) is 0 Å². The van der Waals surface area contributed by atoms with E-state index >= 15 is 0 Å². The molecule has 0 aliphatic carbocycles. The molecule has 7 N–H and O–H groups in total. The first-order valence-electron chi connectivity index (χ1n) is 11.0. The summed E-state index contributed by atoms with van der Waals surface area (Å²) in [7, 11) is -4.09. The minimum Gasteiger partial charge on any atom is -0.387 e. The molecule has 5 atom stereocenters. The van der Waals surface area contributed by atoms with E-state index in [2.05, 4.69) is 9.97 Å². The largest absolute Gasteiger partial charge is 0.387 e. The fourth-order valence-corrected chi connectivity index (χ4v) is 4.26. The van der Waals surface area contributed by atoms with Crippen LogP contribution in [-0.4, -0.2) is 86.6 Å². The average Bonchev–Trinajstić information content (AvgIpc) is 3.26. The van der Waals surface area contributed by atoms with Crippen LogP contribution in [0.2, 0.25) is 0 Å². The summed E-state index contributed by atoms with van der Waals surface area (Å²) in [5, 5.41) is 21.2. The standard InChI is InChI=1S/C19H30N5O9P/c1-3-30-5-4-6-32-34(28,29)9-31-8-12-14(25)15(26)19(33-12)24-7-11(17(21)27)13-16(20)22-10(2)23-18(13)24/h7,12,14-15,19,25-26H,3-6,8-9H2,1-2H3,(H2,21,27)(H,28,29)(H2,20,22,23)/i19D. The number of nitrogens with zero attached hydrogens (tertiary/aromatic N) is 3. The molecule has 1 aliphatic heterocycles. The van der Waals surface area contributed by atoms with E-state index in [9.17, 15) is 24.5 Å². The van der Waals surface area contributed by atoms with E-state index in [1.807, 2.05) is 6.92 Å². The van der Waals surface area contributed by atoms with E-state index in [-0.39, 0.29) is 34.8 Å². The summed E-state index contributed by atoms with van der Waals surface area (Å²) in [5.74, 6) is -0.706. The van der Waals surface area contributed by atoms with Crippen molar-refractivity contribution in [2.24, 2.45) is 5.73 Å². The Morgan fingerprint density at radius 2 is 2.06 bits per heavy atom. The van der Waals surface area contributed by atoms with Crippen LogP contribution < -0.4 is 11.5 Å². The Balaban J connectivity index is 1.74. The first kappa shape index (κ1) is 24.9. The number of primary amides is 1. The molecule has 1 aliphatic rings. The van der Waals surface area contributed by atoms with Gasteiger partial charge in [-0.15, -0.1) is 0 Å². The molecule has 1 fully saturated rings. The zero-order valence-electron chi connectivity index (χ0n) is 19.8. The number of aliphatic hydroxyl groups excluding tert-OH is 2. The molecule has 3 rings (SSSR count). The van der Waals surface area contributed by atoms with E-state index in [1.165, 1.54) is 6.92 Å². The fraction of sp³-hybridized carbons (Fsp3) is 0.632. The lowest BCUT2D eigenvalue weighted by Crippen LogP contribution is -2.34. The maximum absolute atomic E-state index is 12.1. The molecule has 14 nitrogen and oxygen atoms in total. The van der Waals surface area contributed by atoms with Crippen LogP contribution in [0.15, 0.2) is 6.20 Å². The average molecular weight is 504 g/mol. The number of fused-ring (bicyclic) bond motifs is 1. The molecule has 1 saturated heterocycles. The van der Waals surface area contributed by atoms with E-state index in [1.54, 1.807) is 0 Å². The first-order chi connectivity index (χ1) is 16.4. The summed E-state index contributed by atoms with van der Waals surface area (Å²) in [6.45, 7) is 3.82. The smallest absolute Gasteiger partial charge is 0.353 e. The van der Waals surface area contributed by atoms with Crippen LogP contribution in [0.1, 0.15) is 37.1 Å². The molecule has 2 aromatic heterocycles. The highest BCUT2D eigenvalue weighted by molar-refractivity contribution is 7.52. The van der Waals surface area contributed by atoms with E-state index in [4.69, 9.17) is 31.6 Å². The van der Waals surface area contributed by atoms with Crippen LogP contribution in [0.3, 0.4) is 0 Å². The lowest BCUT2D eigenvalue weighted by molar-refractivity contribution is -0.0614. The minimum absolute atomic E-state index is 0.00747. The molecule has 190 valence electrons. The predicted molar refractivity (Wildman–Crippen MR) is 119 cm³/mol. The SMILES string of the molecule is [2H]C1(n2cc(C(N)=O)c3c(N)nc(C)nc32)OC(COCP(=O)(O)OCCCOCC)C(O)C1O. The van der Waals surface area contributed by atoms with Gasteiger partial charge in [0.25, 0.3) is 5.91 Å². The number of aliphatic hydroxyl groups is 2. The number of carbonyl (C=O) groups excluding carboxylic acids is 1. The monoisotopic (exact) mass is 504 g/mol. The number of nitrogens with two attached hydrogens (primary N) is 2. The summed E-state index contributed by atoms with van der Waals surface area (Å²) in [6, 6.07) is 0. The first-order valence-corrected chi connectivity index (χ1v) is 12.3. The van der Waals surface area contributed by atoms with Crippen molar-refractivity contribution in [1.29, 1.82) is 0 Å². The van der Waals surface area contributed by atoms with Gasteiger partial charge in [-0.2, -0.15) is 0 Å². The summed E-state index contributed by atoms with van der Waals surface area (Å²) < 4.78 is 42.7. The summed E-state index contributed by atoms with van der Waals surface area (Å²) in [5.41, 5.74) is 11.3. The number of aryl methyl sites for hydroxylation is 1. The van der Waals surface area contributed by atoms with Crippen molar-refractivity contribution in [2.45, 2.75) is 44.8 Å². The molecule has 1 amide bonds. The number of nitrogen functional groups attached to an aromatic ring is 1. The maximum Gasteiger partial charge on any atom is 0.353 e. The molecule has 0 spiro atoms. The molecule has 2 aromatic rings. The number of amides is 1. The third-order valence-electron chi connectivity index (χ3n) is 4.98. The topological polar surface area (TPSA) is 214 Å². The molecule has 15 heteroatoms. The molecule has 0 aromatic carbocycles. The fourth-order valence-electron chi connectivity index (χ4n) is 3.43. The maximum atomic E-state index is 12.1. The van der Waals surface area contributed by atoms with Gasteiger partial charge in [0.15, 0.2) is 6.20 Å². The predicted octanol–water partition coefficient (Wildman–Crippen LogP) is -0.357. The third-order valence-corrected chi connectivity index (χ3v) is 6.08. The Morgan fingerprint density at radius 3 is 2.74 bits per heavy atom. The highest BCUT2D eigenvalue weighted by Gasteiger charge is 2.45. The Hall–Kier alpha value is -2.16. The van der Waals surface area contributed by atoms with Crippen molar-refractivity contribution >= 4 is 30.4 Å². The second-order valence-corrected chi connectivity index (χ2v) is 9.37. The lowest BCUT2D eigenvalue weighted by atomic mass is 10.1. The number of hydrogen-bond donors (Lipinski definition) is 5. The van der Waals surface area contributed by atoms with Crippen LogP contribution in [-0.2, 0) is 23.3 Å². The van der Waals surface area contributed by atoms with Crippen molar-refractivity contribution < 1.29 is 44.6 Å². The van der Waals surface area contributed by atoms with Crippen LogP contribution in [0, 0.1) is 6.92 Å². The number of carbonyl (C=O) groups is 1. The van der Waals surface area contributed by atoms with Crippen molar-refractivity contribution in [1.82, 2.24) is 14.5 Å². The number of rotatable bonds is 12. The summed E-state index contributed by atoms with van der Waals surface area (Å²) in [6.07, 6.45) is -6.20. The van der Waals surface area contributed by atoms with Crippen LogP contribution in [0.5, 0.6) is 0 Å². The van der Waals surface area contributed by atoms with Gasteiger partial charge in [0.05, 0.1) is 25.5 Å². The van der Waals surface area contributed by atoms with Crippen molar-refractivity contribution in [2.75, 3.05) is 38.5 Å². The Labute approximate surface area is 196 Å². The van der Waals surface area contributed by atoms with E-state index in [0.717, 1.165) is 10.8 Å². The van der Waals surface area contributed by atoms with E-state index < -0.39 is 51.0 Å². The second-order valence-electron chi connectivity index (χ2n) is 7.58. The molecule has 0 radical (unpaired) electrons. The molecule has 3 heterocycles. The van der Waals surface area contributed by atoms with Crippen molar-refractivity contribution in [3.8, 4) is 0 Å². The number of anilines is 1. The minimum atomic E-state index is -4.09. The van der Waals surface area contributed by atoms with Crippen molar-refractivity contribution in [3.05, 3.63) is 17.6 Å². The van der Waals surface area contributed by atoms with Gasteiger partial charge in [0, 0.05) is 19.4 Å². The number of hydrogen-bond acceptors (Lipinski definition) is 11. The second kappa shape index (κ2) is 11.1. The Kier molecular flexibility index (Phi) is 8.11. The number of aromatic nitrogens is 3. The highest BCUT2D eigenvalue weighted by atomic mass is 31.2. The quantitative estimate of drug-likeness (QED) is 0.185. The van der Waals surface area contributed by atoms with E-state index in [0.29, 0.717) is 19.6 Å². The van der Waals surface area contributed by atoms with Gasteiger partial charge in [-0.3, -0.25) is 9.36 Å². The summed E-state index contributed by atoms with van der Waals surface area (Å²) >= 11 is 0. The van der Waals surface area contributed by atoms with Crippen molar-refractivity contribution in [3.63, 3.8) is 0 Å². The molecule has 0 bridgehead atoms. The van der Waals surface area contributed by atoms with Gasteiger partial charge >= 0.3 is 7.60 Å². The molecule has 0 saturated carbocycles. The van der Waals surface area contributed by atoms with Gasteiger partial charge in [-0.25, -0.2) is 9.97 Å². The number of ether oxygens (including phenoxy) is 3. The lowest BCUT2D eigenvalue weighted by Gasteiger charge is -2.18. The molecule has 5 unspecified atom stereocenters. The highest BCUT2D eigenvalue weighted by Crippen LogP contribution is 2.42. The van der Waals surface area contributed by atoms with Gasteiger partial charge in [-0.1, -0.05) is 0 Å². The molecule has 34 heavy (non-hydrogen) atoms. The van der Waals surface area contributed by atoms with Crippen LogP contribution in [0.25, 0.3) is 11.0 Å². The molecular formula is C19H30N5O9P. The Morgan fingerprint density at radius 1 is 1.32 bits per heavy atom. The normalized spacial score (nSPS) is 27.1. The van der Waals surface area contributed by atoms with Gasteiger partial charge < -0.3 is 49.9 Å². The zero-order valence-corrected chi connectivity index (χ0v) is 19.7. The zero-order chi connectivity index (χ0) is 26.0. The van der Waals surface area contributed by atoms with Gasteiger partial charge in [-0.05, 0) is 20.3 Å². The summed E-state index contributed by atoms with van der Waals surface area (Å²) in [4.78, 5) is 30.0.